The molecule has 1 aromatic carbocycles. The first kappa shape index (κ1) is 21.0. The van der Waals surface area contributed by atoms with E-state index in [0.29, 0.717) is 45.6 Å². The highest BCUT2D eigenvalue weighted by atomic mass is 16.5. The highest BCUT2D eigenvalue weighted by Gasteiger charge is 2.36. The van der Waals surface area contributed by atoms with E-state index >= 15 is 0 Å². The summed E-state index contributed by atoms with van der Waals surface area (Å²) in [7, 11) is 1.66. The molecule has 1 saturated heterocycles. The average molecular weight is 377 g/mol. The third kappa shape index (κ3) is 6.43. The third-order valence-corrected chi connectivity index (χ3v) is 5.07. The lowest BCUT2D eigenvalue weighted by Crippen LogP contribution is -2.59. The van der Waals surface area contributed by atoms with Gasteiger partial charge in [0.05, 0.1) is 0 Å². The fourth-order valence-electron chi connectivity index (χ4n) is 3.31. The molecular weight excluding hydrogens is 344 g/mol. The average Bonchev–Trinajstić information content (AvgIpc) is 2.67. The van der Waals surface area contributed by atoms with Gasteiger partial charge in [0.15, 0.2) is 0 Å². The maximum Gasteiger partial charge on any atom is 0.317 e. The van der Waals surface area contributed by atoms with E-state index in [-0.39, 0.29) is 17.6 Å². The molecule has 7 heteroatoms. The number of nitrogens with zero attached hydrogens (tertiary/aromatic N) is 1. The molecule has 0 spiro atoms. The number of amides is 4. The molecule has 0 saturated carbocycles. The van der Waals surface area contributed by atoms with Crippen molar-refractivity contribution in [3.05, 3.63) is 35.4 Å². The number of rotatable bonds is 7. The summed E-state index contributed by atoms with van der Waals surface area (Å²) in [5.41, 5.74) is 1.91. The van der Waals surface area contributed by atoms with E-state index < -0.39 is 0 Å². The Kier molecular flexibility index (Phi) is 7.91. The zero-order valence-electron chi connectivity index (χ0n) is 16.6. The van der Waals surface area contributed by atoms with Gasteiger partial charge in [-0.15, -0.1) is 0 Å². The quantitative estimate of drug-likeness (QED) is 0.683. The van der Waals surface area contributed by atoms with Crippen LogP contribution >= 0.6 is 0 Å². The van der Waals surface area contributed by atoms with Crippen LogP contribution in [0.25, 0.3) is 0 Å². The number of carbonyl (C=O) groups excluding carboxylic acids is 2. The summed E-state index contributed by atoms with van der Waals surface area (Å²) in [6.45, 7) is 6.85. The maximum atomic E-state index is 12.5. The van der Waals surface area contributed by atoms with E-state index in [1.165, 1.54) is 5.56 Å². The molecule has 150 valence electrons. The van der Waals surface area contributed by atoms with Crippen LogP contribution in [0.5, 0.6) is 0 Å². The Hall–Kier alpha value is -2.28. The summed E-state index contributed by atoms with van der Waals surface area (Å²) in [5.74, 6) is 0. The van der Waals surface area contributed by atoms with Gasteiger partial charge in [-0.25, -0.2) is 9.59 Å². The summed E-state index contributed by atoms with van der Waals surface area (Å²) < 4.78 is 5.24. The van der Waals surface area contributed by atoms with Crippen LogP contribution in [0.4, 0.5) is 9.59 Å². The fraction of sp³-hybridized carbons (Fsp3) is 0.600. The highest BCUT2D eigenvalue weighted by molar-refractivity contribution is 5.75. The molecular formula is C20H32N4O3. The fourth-order valence-corrected chi connectivity index (χ4v) is 3.31. The second-order valence-electron chi connectivity index (χ2n) is 7.14. The Balaban J connectivity index is 1.90. The standard InChI is InChI=1S/C20H32N4O3/c1-4-21-19(26)24-12-9-20(10-13-24,11-14-27-3)23-18(25)22-15-17-7-5-16(2)6-8-17/h5-8H,4,9-15H2,1-3H3,(H,21,26)(H2,22,23,25). The molecule has 4 amide bonds. The Morgan fingerprint density at radius 3 is 2.41 bits per heavy atom. The van der Waals surface area contributed by atoms with Gasteiger partial charge in [0.25, 0.3) is 0 Å². The van der Waals surface area contributed by atoms with Gasteiger partial charge in [-0.2, -0.15) is 0 Å². The molecule has 0 atom stereocenters. The van der Waals surface area contributed by atoms with Crippen molar-refractivity contribution in [3.8, 4) is 0 Å². The summed E-state index contributed by atoms with van der Waals surface area (Å²) >= 11 is 0. The first-order chi connectivity index (χ1) is 13.0. The SMILES string of the molecule is CCNC(=O)N1CCC(CCOC)(NC(=O)NCc2ccc(C)cc2)CC1. The number of carbonyl (C=O) groups is 2. The largest absolute Gasteiger partial charge is 0.385 e. The monoisotopic (exact) mass is 376 g/mol. The molecule has 0 aliphatic carbocycles. The molecule has 0 unspecified atom stereocenters. The number of ether oxygens (including phenoxy) is 1. The van der Waals surface area contributed by atoms with Crippen molar-refractivity contribution in [2.24, 2.45) is 0 Å². The van der Waals surface area contributed by atoms with Gasteiger partial charge >= 0.3 is 12.1 Å². The molecule has 7 nitrogen and oxygen atoms in total. The normalized spacial score (nSPS) is 15.9. The minimum Gasteiger partial charge on any atom is -0.385 e. The van der Waals surface area contributed by atoms with Crippen LogP contribution in [-0.2, 0) is 11.3 Å². The Morgan fingerprint density at radius 2 is 1.81 bits per heavy atom. The molecule has 1 aliphatic heterocycles. The van der Waals surface area contributed by atoms with Crippen molar-refractivity contribution in [1.29, 1.82) is 0 Å². The van der Waals surface area contributed by atoms with Gasteiger partial charge in [0, 0.05) is 45.4 Å². The molecule has 1 aromatic rings. The minimum absolute atomic E-state index is 0.0401. The smallest absolute Gasteiger partial charge is 0.317 e. The van der Waals surface area contributed by atoms with Gasteiger partial charge < -0.3 is 25.6 Å². The van der Waals surface area contributed by atoms with Crippen LogP contribution < -0.4 is 16.0 Å². The molecule has 0 radical (unpaired) electrons. The van der Waals surface area contributed by atoms with Crippen LogP contribution in [-0.4, -0.2) is 55.9 Å². The summed E-state index contributed by atoms with van der Waals surface area (Å²) in [4.78, 5) is 26.3. The van der Waals surface area contributed by atoms with Crippen LogP contribution in [0.2, 0.25) is 0 Å². The zero-order chi connectivity index (χ0) is 19.7. The van der Waals surface area contributed by atoms with E-state index in [1.54, 1.807) is 12.0 Å². The van der Waals surface area contributed by atoms with E-state index in [2.05, 4.69) is 16.0 Å². The lowest BCUT2D eigenvalue weighted by atomic mass is 9.84. The number of piperidine rings is 1. The topological polar surface area (TPSA) is 82.7 Å². The number of likely N-dealkylation sites (tertiary alicyclic amines) is 1. The molecule has 0 aromatic heterocycles. The van der Waals surface area contributed by atoms with Crippen molar-refractivity contribution >= 4 is 12.1 Å². The second-order valence-corrected chi connectivity index (χ2v) is 7.14. The van der Waals surface area contributed by atoms with Gasteiger partial charge in [-0.3, -0.25) is 0 Å². The predicted octanol–water partition coefficient (Wildman–Crippen LogP) is 2.39. The Labute approximate surface area is 161 Å². The number of hydrogen-bond acceptors (Lipinski definition) is 3. The maximum absolute atomic E-state index is 12.5. The lowest BCUT2D eigenvalue weighted by Gasteiger charge is -2.42. The third-order valence-electron chi connectivity index (χ3n) is 5.07. The van der Waals surface area contributed by atoms with Gasteiger partial charge in [-0.1, -0.05) is 29.8 Å². The number of methoxy groups -OCH3 is 1. The number of nitrogens with one attached hydrogen (secondary N) is 3. The first-order valence-electron chi connectivity index (χ1n) is 9.61. The van der Waals surface area contributed by atoms with Crippen molar-refractivity contribution in [2.45, 2.75) is 45.2 Å². The lowest BCUT2D eigenvalue weighted by molar-refractivity contribution is 0.107. The molecule has 2 rings (SSSR count). The summed E-state index contributed by atoms with van der Waals surface area (Å²) in [6, 6.07) is 7.88. The van der Waals surface area contributed by atoms with Crippen LogP contribution in [0.15, 0.2) is 24.3 Å². The molecule has 3 N–H and O–H groups in total. The molecule has 1 fully saturated rings. The molecule has 0 bridgehead atoms. The number of hydrogen-bond donors (Lipinski definition) is 3. The van der Waals surface area contributed by atoms with E-state index in [4.69, 9.17) is 4.74 Å². The molecule has 1 aliphatic rings. The first-order valence-corrected chi connectivity index (χ1v) is 9.61. The summed E-state index contributed by atoms with van der Waals surface area (Å²) in [6.07, 6.45) is 2.15. The summed E-state index contributed by atoms with van der Waals surface area (Å²) in [5, 5.41) is 8.92. The number of aryl methyl sites for hydroxylation is 1. The van der Waals surface area contributed by atoms with E-state index in [9.17, 15) is 9.59 Å². The van der Waals surface area contributed by atoms with E-state index in [1.807, 2.05) is 38.1 Å². The highest BCUT2D eigenvalue weighted by Crippen LogP contribution is 2.26. The van der Waals surface area contributed by atoms with Gasteiger partial charge in [0.1, 0.15) is 0 Å². The number of benzene rings is 1. The predicted molar refractivity (Wildman–Crippen MR) is 106 cm³/mol. The second kappa shape index (κ2) is 10.2. The van der Waals surface area contributed by atoms with Crippen LogP contribution in [0.1, 0.15) is 37.3 Å². The number of urea groups is 2. The van der Waals surface area contributed by atoms with Crippen molar-refractivity contribution in [2.75, 3.05) is 33.4 Å². The van der Waals surface area contributed by atoms with Crippen molar-refractivity contribution in [1.82, 2.24) is 20.9 Å². The van der Waals surface area contributed by atoms with Gasteiger partial charge in [-0.05, 0) is 38.7 Å². The minimum atomic E-state index is -0.351. The van der Waals surface area contributed by atoms with Crippen molar-refractivity contribution < 1.29 is 14.3 Å². The van der Waals surface area contributed by atoms with Crippen LogP contribution in [0.3, 0.4) is 0 Å². The van der Waals surface area contributed by atoms with Gasteiger partial charge in [0.2, 0.25) is 0 Å². The van der Waals surface area contributed by atoms with Crippen molar-refractivity contribution in [3.63, 3.8) is 0 Å². The Morgan fingerprint density at radius 1 is 1.15 bits per heavy atom. The van der Waals surface area contributed by atoms with E-state index in [0.717, 1.165) is 12.0 Å². The molecule has 1 heterocycles. The van der Waals surface area contributed by atoms with Crippen LogP contribution in [0, 0.1) is 6.92 Å². The molecule has 27 heavy (non-hydrogen) atoms. The Bertz CT molecular complexity index is 610. The zero-order valence-corrected chi connectivity index (χ0v) is 16.6.